The van der Waals surface area contributed by atoms with Gasteiger partial charge in [-0.05, 0) is 42.5 Å². The maximum atomic E-state index is 10.9. The molecular formula is C21H16ClN3O. The zero-order valence-electron chi connectivity index (χ0n) is 13.9. The van der Waals surface area contributed by atoms with E-state index in [0.717, 1.165) is 16.8 Å². The SMILES string of the molecule is Oc1c(C(Cc2ccccn2)c2ccccn2)cc(Cl)c2cccnc12. The summed E-state index contributed by atoms with van der Waals surface area (Å²) >= 11 is 6.48. The van der Waals surface area contributed by atoms with Gasteiger partial charge in [-0.15, -0.1) is 0 Å². The Balaban J connectivity index is 1.89. The van der Waals surface area contributed by atoms with Gasteiger partial charge in [-0.2, -0.15) is 0 Å². The molecule has 4 aromatic rings. The zero-order valence-corrected chi connectivity index (χ0v) is 14.6. The number of rotatable bonds is 4. The van der Waals surface area contributed by atoms with Crippen LogP contribution in [-0.2, 0) is 6.42 Å². The molecule has 0 saturated carbocycles. The molecule has 0 spiro atoms. The normalized spacial score (nSPS) is 12.2. The second kappa shape index (κ2) is 7.10. The van der Waals surface area contributed by atoms with Crippen LogP contribution in [0, 0.1) is 0 Å². The first-order valence-electron chi connectivity index (χ1n) is 8.31. The van der Waals surface area contributed by atoms with Crippen LogP contribution in [0.4, 0.5) is 0 Å². The van der Waals surface area contributed by atoms with Gasteiger partial charge in [-0.25, -0.2) is 0 Å². The van der Waals surface area contributed by atoms with Crippen molar-refractivity contribution in [3.8, 4) is 5.75 Å². The minimum atomic E-state index is -0.185. The van der Waals surface area contributed by atoms with E-state index in [0.29, 0.717) is 22.5 Å². The second-order valence-corrected chi connectivity index (χ2v) is 6.44. The first-order valence-corrected chi connectivity index (χ1v) is 8.69. The summed E-state index contributed by atoms with van der Waals surface area (Å²) in [4.78, 5) is 13.2. The second-order valence-electron chi connectivity index (χ2n) is 6.03. The lowest BCUT2D eigenvalue weighted by Gasteiger charge is -2.19. The molecule has 0 aliphatic heterocycles. The number of halogens is 1. The minimum Gasteiger partial charge on any atom is -0.505 e. The number of benzene rings is 1. The van der Waals surface area contributed by atoms with E-state index in [2.05, 4.69) is 15.0 Å². The summed E-state index contributed by atoms with van der Waals surface area (Å²) in [6, 6.07) is 17.0. The third-order valence-corrected chi connectivity index (χ3v) is 4.72. The van der Waals surface area contributed by atoms with E-state index >= 15 is 0 Å². The highest BCUT2D eigenvalue weighted by Gasteiger charge is 2.23. The summed E-state index contributed by atoms with van der Waals surface area (Å²) in [6.07, 6.45) is 5.76. The Hall–Kier alpha value is -2.98. The number of nitrogens with zero attached hydrogens (tertiary/aromatic N) is 3. The lowest BCUT2D eigenvalue weighted by Crippen LogP contribution is -2.09. The van der Waals surface area contributed by atoms with Gasteiger partial charge in [-0.1, -0.05) is 23.7 Å². The van der Waals surface area contributed by atoms with Gasteiger partial charge in [0, 0.05) is 53.3 Å². The first-order chi connectivity index (χ1) is 12.7. The fourth-order valence-corrected chi connectivity index (χ4v) is 3.43. The molecule has 3 aromatic heterocycles. The van der Waals surface area contributed by atoms with E-state index in [-0.39, 0.29) is 11.7 Å². The van der Waals surface area contributed by atoms with Crippen LogP contribution in [0.25, 0.3) is 10.9 Å². The highest BCUT2D eigenvalue weighted by atomic mass is 35.5. The Morgan fingerprint density at radius 2 is 1.65 bits per heavy atom. The molecular weight excluding hydrogens is 346 g/mol. The predicted molar refractivity (Wildman–Crippen MR) is 102 cm³/mol. The summed E-state index contributed by atoms with van der Waals surface area (Å²) in [5, 5.41) is 12.2. The molecule has 1 atom stereocenters. The van der Waals surface area contributed by atoms with Crippen molar-refractivity contribution in [3.05, 3.63) is 95.2 Å². The summed E-state index contributed by atoms with van der Waals surface area (Å²) in [6.45, 7) is 0. The topological polar surface area (TPSA) is 58.9 Å². The number of aromatic hydroxyl groups is 1. The Morgan fingerprint density at radius 1 is 0.885 bits per heavy atom. The molecule has 0 fully saturated rings. The van der Waals surface area contributed by atoms with Crippen molar-refractivity contribution in [1.82, 2.24) is 15.0 Å². The van der Waals surface area contributed by atoms with Gasteiger partial charge >= 0.3 is 0 Å². The van der Waals surface area contributed by atoms with Gasteiger partial charge in [0.05, 0.1) is 5.02 Å². The Kier molecular flexibility index (Phi) is 4.50. The van der Waals surface area contributed by atoms with Gasteiger partial charge in [-0.3, -0.25) is 15.0 Å². The summed E-state index contributed by atoms with van der Waals surface area (Å²) in [7, 11) is 0. The van der Waals surface area contributed by atoms with Crippen molar-refractivity contribution in [2.45, 2.75) is 12.3 Å². The number of aromatic nitrogens is 3. The molecule has 1 unspecified atom stereocenters. The van der Waals surface area contributed by atoms with Gasteiger partial charge < -0.3 is 5.11 Å². The molecule has 4 rings (SSSR count). The molecule has 3 heterocycles. The Bertz CT molecular complexity index is 1040. The molecule has 0 radical (unpaired) electrons. The third kappa shape index (κ3) is 3.11. The number of hydrogen-bond acceptors (Lipinski definition) is 4. The Labute approximate surface area is 156 Å². The van der Waals surface area contributed by atoms with E-state index < -0.39 is 0 Å². The molecule has 0 bridgehead atoms. The minimum absolute atomic E-state index is 0.136. The van der Waals surface area contributed by atoms with Crippen LogP contribution in [0.3, 0.4) is 0 Å². The molecule has 26 heavy (non-hydrogen) atoms. The van der Waals surface area contributed by atoms with Crippen LogP contribution < -0.4 is 0 Å². The number of pyridine rings is 3. The molecule has 0 aliphatic carbocycles. The van der Waals surface area contributed by atoms with Crippen molar-refractivity contribution in [3.63, 3.8) is 0 Å². The van der Waals surface area contributed by atoms with Crippen molar-refractivity contribution < 1.29 is 5.11 Å². The quantitative estimate of drug-likeness (QED) is 0.569. The summed E-state index contributed by atoms with van der Waals surface area (Å²) in [5.41, 5.74) is 2.96. The molecule has 0 amide bonds. The van der Waals surface area contributed by atoms with Gasteiger partial charge in [0.15, 0.2) is 0 Å². The zero-order chi connectivity index (χ0) is 17.9. The fraction of sp³-hybridized carbons (Fsp3) is 0.0952. The molecule has 1 aromatic carbocycles. The Morgan fingerprint density at radius 3 is 2.38 bits per heavy atom. The van der Waals surface area contributed by atoms with E-state index in [1.54, 1.807) is 24.7 Å². The number of phenols is 1. The van der Waals surface area contributed by atoms with Crippen LogP contribution in [-0.4, -0.2) is 20.1 Å². The van der Waals surface area contributed by atoms with Crippen molar-refractivity contribution >= 4 is 22.5 Å². The van der Waals surface area contributed by atoms with Crippen molar-refractivity contribution in [2.24, 2.45) is 0 Å². The number of phenolic OH excluding ortho intramolecular Hbond substituents is 1. The average Bonchev–Trinajstić information content (AvgIpc) is 2.71. The maximum Gasteiger partial charge on any atom is 0.145 e. The lowest BCUT2D eigenvalue weighted by molar-refractivity contribution is 0.469. The van der Waals surface area contributed by atoms with E-state index in [1.165, 1.54) is 0 Å². The summed E-state index contributed by atoms with van der Waals surface area (Å²) in [5.74, 6) is -0.0495. The smallest absolute Gasteiger partial charge is 0.145 e. The molecule has 0 aliphatic rings. The van der Waals surface area contributed by atoms with Gasteiger partial charge in [0.2, 0.25) is 0 Å². The molecule has 1 N–H and O–H groups in total. The summed E-state index contributed by atoms with van der Waals surface area (Å²) < 4.78 is 0. The van der Waals surface area contributed by atoms with Crippen LogP contribution in [0.1, 0.15) is 22.9 Å². The predicted octanol–water partition coefficient (Wildman–Crippen LogP) is 4.76. The van der Waals surface area contributed by atoms with Gasteiger partial charge in [0.25, 0.3) is 0 Å². The van der Waals surface area contributed by atoms with E-state index in [9.17, 15) is 5.11 Å². The maximum absolute atomic E-state index is 10.9. The monoisotopic (exact) mass is 361 g/mol. The van der Waals surface area contributed by atoms with E-state index in [4.69, 9.17) is 11.6 Å². The molecule has 4 nitrogen and oxygen atoms in total. The van der Waals surface area contributed by atoms with Crippen LogP contribution in [0.15, 0.2) is 73.2 Å². The van der Waals surface area contributed by atoms with E-state index in [1.807, 2.05) is 48.5 Å². The van der Waals surface area contributed by atoms with Gasteiger partial charge in [0.1, 0.15) is 11.3 Å². The largest absolute Gasteiger partial charge is 0.505 e. The molecule has 5 heteroatoms. The standard InChI is InChI=1S/C21H16ClN3O/c22-18-13-17(21(26)20-15(18)7-5-11-25-20)16(19-8-2-4-10-24-19)12-14-6-1-3-9-23-14/h1-11,13,16,26H,12H2. The molecule has 0 saturated heterocycles. The molecule has 128 valence electrons. The fourth-order valence-electron chi connectivity index (χ4n) is 3.16. The average molecular weight is 362 g/mol. The highest BCUT2D eigenvalue weighted by molar-refractivity contribution is 6.35. The lowest BCUT2D eigenvalue weighted by atomic mass is 9.89. The van der Waals surface area contributed by atoms with Crippen LogP contribution in [0.2, 0.25) is 5.02 Å². The van der Waals surface area contributed by atoms with Crippen LogP contribution >= 0.6 is 11.6 Å². The number of fused-ring (bicyclic) bond motifs is 1. The third-order valence-electron chi connectivity index (χ3n) is 4.40. The van der Waals surface area contributed by atoms with Crippen LogP contribution in [0.5, 0.6) is 5.75 Å². The van der Waals surface area contributed by atoms with Crippen molar-refractivity contribution in [2.75, 3.05) is 0 Å². The first kappa shape index (κ1) is 16.5. The highest BCUT2D eigenvalue weighted by Crippen LogP contribution is 2.40. The number of hydrogen-bond donors (Lipinski definition) is 1. The van der Waals surface area contributed by atoms with Crippen molar-refractivity contribution in [1.29, 1.82) is 0 Å².